The molecule has 0 bridgehead atoms. The molecule has 0 spiro atoms. The van der Waals surface area contributed by atoms with Gasteiger partial charge in [-0.25, -0.2) is 9.37 Å². The Kier molecular flexibility index (Phi) is 6.08. The van der Waals surface area contributed by atoms with Gasteiger partial charge in [0, 0.05) is 18.8 Å². The molecule has 0 aromatic carbocycles. The second-order valence-electron chi connectivity index (χ2n) is 4.91. The van der Waals surface area contributed by atoms with Crippen LogP contribution in [0.1, 0.15) is 38.1 Å². The zero-order valence-corrected chi connectivity index (χ0v) is 12.7. The number of nitrogens with zero attached hydrogens (tertiary/aromatic N) is 1. The van der Waals surface area contributed by atoms with Gasteiger partial charge in [-0.2, -0.15) is 0 Å². The van der Waals surface area contributed by atoms with E-state index in [1.54, 1.807) is 13.8 Å². The van der Waals surface area contributed by atoms with Gasteiger partial charge in [0.2, 0.25) is 5.91 Å². The van der Waals surface area contributed by atoms with E-state index in [0.29, 0.717) is 6.54 Å². The molecular weight excluding hydrogens is 275 g/mol. The Morgan fingerprint density at radius 2 is 1.95 bits per heavy atom. The minimum absolute atomic E-state index is 0.0180. The summed E-state index contributed by atoms with van der Waals surface area (Å²) < 4.78 is 14.1. The van der Waals surface area contributed by atoms with Crippen molar-refractivity contribution >= 4 is 17.6 Å². The summed E-state index contributed by atoms with van der Waals surface area (Å²) in [6.07, 6.45) is 1.34. The van der Waals surface area contributed by atoms with Crippen molar-refractivity contribution < 1.29 is 14.0 Å². The summed E-state index contributed by atoms with van der Waals surface area (Å²) in [7, 11) is 0. The lowest BCUT2D eigenvalue weighted by molar-refractivity contribution is -0.123. The Labute approximate surface area is 123 Å². The minimum Gasteiger partial charge on any atom is -0.368 e. The first-order chi connectivity index (χ1) is 9.86. The quantitative estimate of drug-likeness (QED) is 0.739. The van der Waals surface area contributed by atoms with E-state index in [1.807, 2.05) is 13.8 Å². The fourth-order valence-corrected chi connectivity index (χ4v) is 1.66. The summed E-state index contributed by atoms with van der Waals surface area (Å²) in [5.74, 6) is -1.68. The number of amides is 2. The van der Waals surface area contributed by atoms with Gasteiger partial charge in [0.05, 0.1) is 5.56 Å². The summed E-state index contributed by atoms with van der Waals surface area (Å²) in [5, 5.41) is 7.87. The predicted molar refractivity (Wildman–Crippen MR) is 78.6 cm³/mol. The molecular formula is C14H21FN4O2. The highest BCUT2D eigenvalue weighted by atomic mass is 19.1. The number of pyridine rings is 1. The van der Waals surface area contributed by atoms with E-state index in [1.165, 1.54) is 12.3 Å². The third-order valence-electron chi connectivity index (χ3n) is 2.65. The van der Waals surface area contributed by atoms with Crippen LogP contribution in [-0.4, -0.2) is 35.4 Å². The van der Waals surface area contributed by atoms with Crippen molar-refractivity contribution in [3.05, 3.63) is 23.6 Å². The van der Waals surface area contributed by atoms with E-state index in [-0.39, 0.29) is 23.3 Å². The predicted octanol–water partition coefficient (Wildman–Crippen LogP) is 1.30. The number of rotatable bonds is 6. The third-order valence-corrected chi connectivity index (χ3v) is 2.65. The largest absolute Gasteiger partial charge is 0.368 e. The SMILES string of the molecule is CCNc1nccc(C(=O)NC(C)C(=O)NC(C)C)c1F. The van der Waals surface area contributed by atoms with Crippen molar-refractivity contribution in [2.24, 2.45) is 0 Å². The van der Waals surface area contributed by atoms with Gasteiger partial charge in [0.1, 0.15) is 6.04 Å². The molecule has 21 heavy (non-hydrogen) atoms. The number of hydrogen-bond donors (Lipinski definition) is 3. The van der Waals surface area contributed by atoms with Crippen molar-refractivity contribution in [2.45, 2.75) is 39.8 Å². The second kappa shape index (κ2) is 7.56. The summed E-state index contributed by atoms with van der Waals surface area (Å²) in [5.41, 5.74) is -0.148. The van der Waals surface area contributed by atoms with E-state index in [0.717, 1.165) is 0 Å². The topological polar surface area (TPSA) is 83.1 Å². The molecule has 6 nitrogen and oxygen atoms in total. The van der Waals surface area contributed by atoms with E-state index in [9.17, 15) is 14.0 Å². The highest BCUT2D eigenvalue weighted by Crippen LogP contribution is 2.14. The first-order valence-corrected chi connectivity index (χ1v) is 6.86. The van der Waals surface area contributed by atoms with Crippen LogP contribution in [0, 0.1) is 5.82 Å². The van der Waals surface area contributed by atoms with Crippen LogP contribution in [0.25, 0.3) is 0 Å². The lowest BCUT2D eigenvalue weighted by Gasteiger charge is -2.16. The maximum absolute atomic E-state index is 14.1. The maximum Gasteiger partial charge on any atom is 0.255 e. The molecule has 1 rings (SSSR count). The lowest BCUT2D eigenvalue weighted by atomic mass is 10.2. The van der Waals surface area contributed by atoms with Gasteiger partial charge in [-0.05, 0) is 33.8 Å². The molecule has 0 aliphatic heterocycles. The average molecular weight is 296 g/mol. The summed E-state index contributed by atoms with van der Waals surface area (Å²) in [6, 6.07) is 0.489. The van der Waals surface area contributed by atoms with Crippen LogP contribution in [0.3, 0.4) is 0 Å². The van der Waals surface area contributed by atoms with Crippen molar-refractivity contribution in [3.8, 4) is 0 Å². The van der Waals surface area contributed by atoms with Crippen LogP contribution in [0.4, 0.5) is 10.2 Å². The van der Waals surface area contributed by atoms with E-state index < -0.39 is 17.8 Å². The number of anilines is 1. The molecule has 1 atom stereocenters. The van der Waals surface area contributed by atoms with Crippen molar-refractivity contribution in [2.75, 3.05) is 11.9 Å². The lowest BCUT2D eigenvalue weighted by Crippen LogP contribution is -2.47. The molecule has 1 aromatic rings. The molecule has 0 saturated carbocycles. The Hall–Kier alpha value is -2.18. The summed E-state index contributed by atoms with van der Waals surface area (Å²) in [6.45, 7) is 7.46. The Morgan fingerprint density at radius 1 is 1.29 bits per heavy atom. The van der Waals surface area contributed by atoms with E-state index in [2.05, 4.69) is 20.9 Å². The van der Waals surface area contributed by atoms with Crippen LogP contribution in [0.2, 0.25) is 0 Å². The standard InChI is InChI=1S/C14H21FN4O2/c1-5-16-12-11(15)10(6-7-17-12)14(21)19-9(4)13(20)18-8(2)3/h6-9H,5H2,1-4H3,(H,16,17)(H,18,20)(H,19,21). The van der Waals surface area contributed by atoms with E-state index >= 15 is 0 Å². The normalized spacial score (nSPS) is 11.9. The number of halogens is 1. The molecule has 1 unspecified atom stereocenters. The number of carbonyl (C=O) groups is 2. The molecule has 7 heteroatoms. The molecule has 1 heterocycles. The van der Waals surface area contributed by atoms with Crippen molar-refractivity contribution in [1.29, 1.82) is 0 Å². The highest BCUT2D eigenvalue weighted by molar-refractivity contribution is 5.98. The van der Waals surface area contributed by atoms with Crippen LogP contribution < -0.4 is 16.0 Å². The summed E-state index contributed by atoms with van der Waals surface area (Å²) in [4.78, 5) is 27.6. The first kappa shape index (κ1) is 16.9. The fraction of sp³-hybridized carbons (Fsp3) is 0.500. The van der Waals surface area contributed by atoms with Gasteiger partial charge in [-0.1, -0.05) is 0 Å². The van der Waals surface area contributed by atoms with Gasteiger partial charge in [0.25, 0.3) is 5.91 Å². The van der Waals surface area contributed by atoms with Crippen LogP contribution in [0.15, 0.2) is 12.3 Å². The van der Waals surface area contributed by atoms with Crippen LogP contribution in [-0.2, 0) is 4.79 Å². The van der Waals surface area contributed by atoms with Gasteiger partial charge in [0.15, 0.2) is 11.6 Å². The zero-order chi connectivity index (χ0) is 16.0. The molecule has 3 N–H and O–H groups in total. The number of carbonyl (C=O) groups excluding carboxylic acids is 2. The Bertz CT molecular complexity index is 520. The maximum atomic E-state index is 14.1. The third kappa shape index (κ3) is 4.70. The second-order valence-corrected chi connectivity index (χ2v) is 4.91. The van der Waals surface area contributed by atoms with Gasteiger partial charge >= 0.3 is 0 Å². The number of aromatic nitrogens is 1. The molecule has 116 valence electrons. The summed E-state index contributed by atoms with van der Waals surface area (Å²) >= 11 is 0. The molecule has 0 saturated heterocycles. The van der Waals surface area contributed by atoms with Crippen LogP contribution in [0.5, 0.6) is 0 Å². The molecule has 2 amide bonds. The minimum atomic E-state index is -0.755. The van der Waals surface area contributed by atoms with Gasteiger partial charge in [-0.15, -0.1) is 0 Å². The molecule has 0 aliphatic rings. The van der Waals surface area contributed by atoms with Crippen molar-refractivity contribution in [3.63, 3.8) is 0 Å². The Balaban J connectivity index is 2.80. The van der Waals surface area contributed by atoms with Gasteiger partial charge < -0.3 is 16.0 Å². The van der Waals surface area contributed by atoms with Crippen LogP contribution >= 0.6 is 0 Å². The number of nitrogens with one attached hydrogen (secondary N) is 3. The molecule has 0 radical (unpaired) electrons. The highest BCUT2D eigenvalue weighted by Gasteiger charge is 2.20. The monoisotopic (exact) mass is 296 g/mol. The zero-order valence-electron chi connectivity index (χ0n) is 12.7. The molecule has 0 fully saturated rings. The number of hydrogen-bond acceptors (Lipinski definition) is 4. The van der Waals surface area contributed by atoms with E-state index in [4.69, 9.17) is 0 Å². The smallest absolute Gasteiger partial charge is 0.255 e. The first-order valence-electron chi connectivity index (χ1n) is 6.86. The van der Waals surface area contributed by atoms with Gasteiger partial charge in [-0.3, -0.25) is 9.59 Å². The average Bonchev–Trinajstić information content (AvgIpc) is 2.40. The molecule has 1 aromatic heterocycles. The van der Waals surface area contributed by atoms with Crippen molar-refractivity contribution in [1.82, 2.24) is 15.6 Å². The Morgan fingerprint density at radius 3 is 2.52 bits per heavy atom. The molecule has 0 aliphatic carbocycles. The fourth-order valence-electron chi connectivity index (χ4n) is 1.66.